The van der Waals surface area contributed by atoms with Crippen molar-refractivity contribution in [3.05, 3.63) is 69.3 Å². The third kappa shape index (κ3) is 4.02. The summed E-state index contributed by atoms with van der Waals surface area (Å²) in [7, 11) is -3.09. The molecule has 2 aromatic carbocycles. The van der Waals surface area contributed by atoms with Crippen LogP contribution in [0.4, 0.5) is 11.4 Å². The lowest BCUT2D eigenvalue weighted by Crippen LogP contribution is -2.39. The van der Waals surface area contributed by atoms with Crippen LogP contribution in [0.1, 0.15) is 16.7 Å². The Balaban J connectivity index is 1.61. The maximum atomic E-state index is 12.2. The Hall–Kier alpha value is -2.39. The second-order valence-corrected chi connectivity index (χ2v) is 10.6. The zero-order valence-corrected chi connectivity index (χ0v) is 17.7. The van der Waals surface area contributed by atoms with Crippen molar-refractivity contribution in [3.8, 4) is 0 Å². The molecule has 4 rings (SSSR count). The number of thioether (sulfide) groups is 1. The van der Waals surface area contributed by atoms with Gasteiger partial charge in [0.1, 0.15) is 0 Å². The second kappa shape index (κ2) is 7.46. The third-order valence-electron chi connectivity index (χ3n) is 5.25. The quantitative estimate of drug-likeness (QED) is 0.543. The fraction of sp³-hybridized carbons (Fsp3) is 0.350. The van der Waals surface area contributed by atoms with Crippen LogP contribution in [0.2, 0.25) is 0 Å². The fourth-order valence-corrected chi connectivity index (χ4v) is 6.67. The van der Waals surface area contributed by atoms with Gasteiger partial charge in [0.05, 0.1) is 28.5 Å². The average Bonchev–Trinajstić information content (AvgIpc) is 3.13. The van der Waals surface area contributed by atoms with Crippen molar-refractivity contribution < 1.29 is 13.3 Å². The van der Waals surface area contributed by atoms with E-state index in [4.69, 9.17) is 4.99 Å². The number of aryl methyl sites for hydroxylation is 2. The Morgan fingerprint density at radius 1 is 1.17 bits per heavy atom. The van der Waals surface area contributed by atoms with Crippen molar-refractivity contribution in [2.24, 2.45) is 4.99 Å². The number of anilines is 1. The summed E-state index contributed by atoms with van der Waals surface area (Å²) >= 11 is 1.54. The van der Waals surface area contributed by atoms with Crippen molar-refractivity contribution in [3.63, 3.8) is 0 Å². The van der Waals surface area contributed by atoms with Crippen LogP contribution in [0, 0.1) is 24.0 Å². The van der Waals surface area contributed by atoms with Crippen molar-refractivity contribution >= 4 is 38.1 Å². The molecular weight excluding hydrogens is 410 g/mol. The Morgan fingerprint density at radius 2 is 1.90 bits per heavy atom. The summed E-state index contributed by atoms with van der Waals surface area (Å²) in [5.74, 6) is 0.793. The highest BCUT2D eigenvalue weighted by Crippen LogP contribution is 2.37. The molecule has 1 saturated heterocycles. The Bertz CT molecular complexity index is 1100. The van der Waals surface area contributed by atoms with Gasteiger partial charge in [0.15, 0.2) is 15.0 Å². The molecule has 0 unspecified atom stereocenters. The molecule has 2 heterocycles. The number of hydrogen-bond donors (Lipinski definition) is 0. The highest BCUT2D eigenvalue weighted by molar-refractivity contribution is 8.13. The first-order valence-corrected chi connectivity index (χ1v) is 12.0. The number of nitro benzene ring substituents is 1. The highest BCUT2D eigenvalue weighted by Gasteiger charge is 2.47. The predicted octanol–water partition coefficient (Wildman–Crippen LogP) is 3.49. The van der Waals surface area contributed by atoms with E-state index in [-0.39, 0.29) is 29.3 Å². The second-order valence-electron chi connectivity index (χ2n) is 7.50. The van der Waals surface area contributed by atoms with Gasteiger partial charge in [0.2, 0.25) is 0 Å². The minimum absolute atomic E-state index is 0.0636. The molecule has 0 aliphatic carbocycles. The van der Waals surface area contributed by atoms with Crippen molar-refractivity contribution in [1.82, 2.24) is 0 Å². The van der Waals surface area contributed by atoms with Crippen molar-refractivity contribution in [2.45, 2.75) is 31.7 Å². The molecule has 0 bridgehead atoms. The van der Waals surface area contributed by atoms with E-state index in [0.717, 1.165) is 27.5 Å². The van der Waals surface area contributed by atoms with Crippen LogP contribution < -0.4 is 4.90 Å². The molecule has 9 heteroatoms. The van der Waals surface area contributed by atoms with Gasteiger partial charge in [-0.1, -0.05) is 36.0 Å². The van der Waals surface area contributed by atoms with Gasteiger partial charge in [0, 0.05) is 23.6 Å². The van der Waals surface area contributed by atoms with Crippen LogP contribution in [-0.2, 0) is 15.6 Å². The molecule has 1 fully saturated rings. The lowest BCUT2D eigenvalue weighted by Gasteiger charge is -2.28. The van der Waals surface area contributed by atoms with E-state index in [2.05, 4.69) is 11.0 Å². The van der Waals surface area contributed by atoms with Gasteiger partial charge < -0.3 is 4.90 Å². The van der Waals surface area contributed by atoms with Gasteiger partial charge >= 0.3 is 0 Å². The predicted molar refractivity (Wildman–Crippen MR) is 116 cm³/mol. The molecule has 7 nitrogen and oxygen atoms in total. The number of hydrogen-bond acceptors (Lipinski definition) is 7. The normalized spacial score (nSPS) is 22.4. The standard InChI is InChI=1S/C20H21N3O4S2/c1-13-3-4-14(2)18(9-13)22-19-12-29(26,27)11-17(19)21-20(22)28-10-15-5-7-16(8-6-15)23(24)25/h3-9,17,19H,10-12H2,1-2H3/t17-,19+/m1/s1. The number of benzene rings is 2. The van der Waals surface area contributed by atoms with E-state index in [9.17, 15) is 18.5 Å². The molecule has 29 heavy (non-hydrogen) atoms. The van der Waals surface area contributed by atoms with Gasteiger partial charge in [-0.2, -0.15) is 0 Å². The molecule has 0 radical (unpaired) electrons. The van der Waals surface area contributed by atoms with Crippen LogP contribution in [-0.4, -0.2) is 42.1 Å². The number of nitrogens with zero attached hydrogens (tertiary/aromatic N) is 3. The fourth-order valence-electron chi connectivity index (χ4n) is 3.76. The van der Waals surface area contributed by atoms with E-state index in [1.807, 2.05) is 26.0 Å². The zero-order chi connectivity index (χ0) is 20.8. The molecule has 0 amide bonds. The number of non-ortho nitro benzene ring substituents is 1. The van der Waals surface area contributed by atoms with Crippen molar-refractivity contribution in [2.75, 3.05) is 16.4 Å². The first-order chi connectivity index (χ1) is 13.7. The molecule has 2 atom stereocenters. The smallest absolute Gasteiger partial charge is 0.269 e. The van der Waals surface area contributed by atoms with Crippen LogP contribution in [0.25, 0.3) is 0 Å². The first-order valence-electron chi connectivity index (χ1n) is 9.24. The summed E-state index contributed by atoms with van der Waals surface area (Å²) in [6, 6.07) is 12.2. The highest BCUT2D eigenvalue weighted by atomic mass is 32.2. The molecule has 0 saturated carbocycles. The maximum Gasteiger partial charge on any atom is 0.269 e. The van der Waals surface area contributed by atoms with Gasteiger partial charge in [-0.25, -0.2) is 8.42 Å². The number of aliphatic imine (C=N–C) groups is 1. The lowest BCUT2D eigenvalue weighted by molar-refractivity contribution is -0.384. The van der Waals surface area contributed by atoms with Gasteiger partial charge in [-0.3, -0.25) is 15.1 Å². The van der Waals surface area contributed by atoms with E-state index in [0.29, 0.717) is 5.75 Å². The summed E-state index contributed by atoms with van der Waals surface area (Å²) in [6.45, 7) is 4.03. The van der Waals surface area contributed by atoms with Crippen LogP contribution in [0.15, 0.2) is 47.5 Å². The summed E-state index contributed by atoms with van der Waals surface area (Å²) in [5.41, 5.74) is 4.19. The maximum absolute atomic E-state index is 12.2. The molecule has 2 aromatic rings. The van der Waals surface area contributed by atoms with E-state index >= 15 is 0 Å². The minimum atomic E-state index is -3.09. The Kier molecular flexibility index (Phi) is 5.12. The molecular formula is C20H21N3O4S2. The number of fused-ring (bicyclic) bond motifs is 1. The van der Waals surface area contributed by atoms with Gasteiger partial charge in [-0.05, 0) is 36.6 Å². The van der Waals surface area contributed by atoms with Gasteiger partial charge in [0.25, 0.3) is 5.69 Å². The van der Waals surface area contributed by atoms with E-state index < -0.39 is 14.8 Å². The molecule has 152 valence electrons. The largest absolute Gasteiger partial charge is 0.315 e. The number of nitro groups is 1. The minimum Gasteiger partial charge on any atom is -0.315 e. The molecule has 0 N–H and O–H groups in total. The lowest BCUT2D eigenvalue weighted by atomic mass is 10.1. The summed E-state index contributed by atoms with van der Waals surface area (Å²) in [5, 5.41) is 11.6. The SMILES string of the molecule is Cc1ccc(C)c(N2C(SCc3ccc([N+](=O)[O-])cc3)=N[C@@H]3CS(=O)(=O)C[C@@H]32)c1. The third-order valence-corrected chi connectivity index (χ3v) is 7.98. The number of sulfone groups is 1. The Morgan fingerprint density at radius 3 is 2.59 bits per heavy atom. The first kappa shape index (κ1) is 19.9. The monoisotopic (exact) mass is 431 g/mol. The number of amidine groups is 1. The van der Waals surface area contributed by atoms with Gasteiger partial charge in [-0.15, -0.1) is 0 Å². The average molecular weight is 432 g/mol. The van der Waals surface area contributed by atoms with Crippen LogP contribution in [0.3, 0.4) is 0 Å². The topological polar surface area (TPSA) is 92.9 Å². The molecule has 0 spiro atoms. The zero-order valence-electron chi connectivity index (χ0n) is 16.1. The Labute approximate surface area is 173 Å². The molecule has 0 aromatic heterocycles. The van der Waals surface area contributed by atoms with E-state index in [1.54, 1.807) is 12.1 Å². The van der Waals surface area contributed by atoms with Crippen LogP contribution in [0.5, 0.6) is 0 Å². The summed E-state index contributed by atoms with van der Waals surface area (Å²) < 4.78 is 24.4. The molecule has 2 aliphatic heterocycles. The van der Waals surface area contributed by atoms with Crippen molar-refractivity contribution in [1.29, 1.82) is 0 Å². The molecule has 2 aliphatic rings. The summed E-state index contributed by atoms with van der Waals surface area (Å²) in [4.78, 5) is 17.2. The van der Waals surface area contributed by atoms with E-state index in [1.165, 1.54) is 23.9 Å². The van der Waals surface area contributed by atoms with Crippen LogP contribution >= 0.6 is 11.8 Å². The number of rotatable bonds is 4. The summed E-state index contributed by atoms with van der Waals surface area (Å²) in [6.07, 6.45) is 0.